The van der Waals surface area contributed by atoms with E-state index in [-0.39, 0.29) is 12.5 Å². The van der Waals surface area contributed by atoms with Crippen LogP contribution in [0.1, 0.15) is 26.7 Å². The molecule has 1 atom stereocenters. The Morgan fingerprint density at radius 1 is 1.43 bits per heavy atom. The number of rotatable bonds is 9. The molecule has 2 rings (SSSR count). The molecule has 6 heteroatoms. The average Bonchev–Trinajstić information content (AvgIpc) is 2.94. The molecule has 0 aliphatic heterocycles. The van der Waals surface area contributed by atoms with E-state index in [0.717, 1.165) is 35.6 Å². The Hall–Kier alpha value is -1.53. The van der Waals surface area contributed by atoms with Crippen LogP contribution in [0.15, 0.2) is 29.4 Å². The smallest absolute Gasteiger partial charge is 0.230 e. The Labute approximate surface area is 141 Å². The van der Waals surface area contributed by atoms with Gasteiger partial charge in [-0.25, -0.2) is 4.98 Å². The maximum atomic E-state index is 11.9. The van der Waals surface area contributed by atoms with Crippen molar-refractivity contribution in [3.63, 3.8) is 0 Å². The molecule has 0 saturated heterocycles. The highest BCUT2D eigenvalue weighted by molar-refractivity contribution is 7.99. The molecule has 0 unspecified atom stereocenters. The van der Waals surface area contributed by atoms with Crippen LogP contribution in [0, 0.1) is 5.92 Å². The van der Waals surface area contributed by atoms with Crippen molar-refractivity contribution in [1.29, 1.82) is 0 Å². The van der Waals surface area contributed by atoms with Crippen molar-refractivity contribution in [2.24, 2.45) is 5.92 Å². The van der Waals surface area contributed by atoms with Gasteiger partial charge in [0.2, 0.25) is 5.91 Å². The first kappa shape index (κ1) is 17.8. The number of fused-ring (bicyclic) bond motifs is 1. The van der Waals surface area contributed by atoms with E-state index in [1.54, 1.807) is 0 Å². The van der Waals surface area contributed by atoms with Gasteiger partial charge in [0, 0.05) is 19.7 Å². The van der Waals surface area contributed by atoms with Gasteiger partial charge in [-0.3, -0.25) is 4.79 Å². The van der Waals surface area contributed by atoms with Gasteiger partial charge in [-0.2, -0.15) is 0 Å². The number of aliphatic hydroxyl groups is 1. The zero-order chi connectivity index (χ0) is 16.7. The topological polar surface area (TPSA) is 67.2 Å². The molecular weight excluding hydrogens is 310 g/mol. The molecule has 2 aromatic rings. The van der Waals surface area contributed by atoms with Crippen LogP contribution in [-0.4, -0.2) is 39.5 Å². The molecule has 0 radical (unpaired) electrons. The predicted octanol–water partition coefficient (Wildman–Crippen LogP) is 2.67. The summed E-state index contributed by atoms with van der Waals surface area (Å²) in [4.78, 5) is 16.5. The number of aryl methyl sites for hydroxylation is 1. The van der Waals surface area contributed by atoms with Crippen molar-refractivity contribution in [2.75, 3.05) is 18.9 Å². The van der Waals surface area contributed by atoms with E-state index < -0.39 is 0 Å². The maximum absolute atomic E-state index is 11.9. The van der Waals surface area contributed by atoms with Crippen LogP contribution < -0.4 is 5.32 Å². The van der Waals surface area contributed by atoms with Crippen LogP contribution in [-0.2, 0) is 11.3 Å². The zero-order valence-electron chi connectivity index (χ0n) is 13.8. The lowest BCUT2D eigenvalue weighted by atomic mass is 10.1. The average molecular weight is 335 g/mol. The molecule has 23 heavy (non-hydrogen) atoms. The molecule has 0 aliphatic rings. The molecule has 1 aromatic carbocycles. The summed E-state index contributed by atoms with van der Waals surface area (Å²) in [5.74, 6) is 0.700. The van der Waals surface area contributed by atoms with Gasteiger partial charge in [0.1, 0.15) is 0 Å². The minimum absolute atomic E-state index is 0.0290. The van der Waals surface area contributed by atoms with Gasteiger partial charge in [0.05, 0.1) is 16.8 Å². The number of nitrogens with one attached hydrogen (secondary N) is 1. The number of thioether (sulfide) groups is 1. The van der Waals surface area contributed by atoms with Gasteiger partial charge in [-0.05, 0) is 37.8 Å². The third kappa shape index (κ3) is 4.97. The Morgan fingerprint density at radius 3 is 2.96 bits per heavy atom. The number of hydrogen-bond donors (Lipinski definition) is 2. The number of amides is 1. The number of para-hydroxylation sites is 2. The number of benzene rings is 1. The second kappa shape index (κ2) is 8.93. The van der Waals surface area contributed by atoms with Gasteiger partial charge in [-0.15, -0.1) is 0 Å². The third-order valence-electron chi connectivity index (χ3n) is 3.78. The summed E-state index contributed by atoms with van der Waals surface area (Å²) >= 11 is 1.47. The summed E-state index contributed by atoms with van der Waals surface area (Å²) in [5, 5.41) is 12.8. The molecule has 0 aliphatic carbocycles. The Morgan fingerprint density at radius 2 is 2.22 bits per heavy atom. The number of hydrogen-bond acceptors (Lipinski definition) is 4. The molecule has 0 bridgehead atoms. The number of aromatic nitrogens is 2. The van der Waals surface area contributed by atoms with Crippen molar-refractivity contribution in [3.8, 4) is 0 Å². The molecule has 2 N–H and O–H groups in total. The lowest BCUT2D eigenvalue weighted by molar-refractivity contribution is -0.118. The minimum atomic E-state index is 0.0290. The summed E-state index contributed by atoms with van der Waals surface area (Å²) in [7, 11) is 0. The molecule has 1 heterocycles. The standard InChI is InChI=1S/C17H25N3O2S/c1-3-20-15-9-5-4-8-14(15)19-17(20)23-12-16(22)18-10-6-7-13(2)11-21/h4-5,8-9,13,21H,3,6-7,10-12H2,1-2H3,(H,18,22)/t13-/m1/s1. The van der Waals surface area contributed by atoms with Crippen LogP contribution in [0.25, 0.3) is 11.0 Å². The zero-order valence-corrected chi connectivity index (χ0v) is 14.6. The second-order valence-corrected chi connectivity index (χ2v) is 6.64. The van der Waals surface area contributed by atoms with E-state index in [0.29, 0.717) is 18.2 Å². The number of carbonyl (C=O) groups is 1. The fourth-order valence-corrected chi connectivity index (χ4v) is 3.33. The highest BCUT2D eigenvalue weighted by atomic mass is 32.2. The lowest BCUT2D eigenvalue weighted by Crippen LogP contribution is -2.26. The van der Waals surface area contributed by atoms with E-state index in [9.17, 15) is 4.79 Å². The summed E-state index contributed by atoms with van der Waals surface area (Å²) in [5.41, 5.74) is 2.08. The first-order valence-corrected chi connectivity index (χ1v) is 9.09. The van der Waals surface area contributed by atoms with Crippen LogP contribution >= 0.6 is 11.8 Å². The number of carbonyl (C=O) groups excluding carboxylic acids is 1. The van der Waals surface area contributed by atoms with E-state index in [1.807, 2.05) is 25.1 Å². The van der Waals surface area contributed by atoms with Crippen molar-refractivity contribution in [3.05, 3.63) is 24.3 Å². The maximum Gasteiger partial charge on any atom is 0.230 e. The molecule has 1 amide bonds. The molecule has 0 fully saturated rings. The fraction of sp³-hybridized carbons (Fsp3) is 0.529. The van der Waals surface area contributed by atoms with E-state index >= 15 is 0 Å². The Kier molecular flexibility index (Phi) is 6.92. The summed E-state index contributed by atoms with van der Waals surface area (Å²) in [6.45, 7) is 5.79. The molecular formula is C17H25N3O2S. The second-order valence-electron chi connectivity index (χ2n) is 5.70. The minimum Gasteiger partial charge on any atom is -0.396 e. The van der Waals surface area contributed by atoms with Crippen molar-refractivity contribution >= 4 is 28.7 Å². The third-order valence-corrected chi connectivity index (χ3v) is 4.75. The number of aliphatic hydroxyl groups excluding tert-OH is 1. The van der Waals surface area contributed by atoms with Gasteiger partial charge < -0.3 is 15.0 Å². The largest absolute Gasteiger partial charge is 0.396 e. The molecule has 0 saturated carbocycles. The quantitative estimate of drug-likeness (QED) is 0.546. The molecule has 126 valence electrons. The Bertz CT molecular complexity index is 642. The lowest BCUT2D eigenvalue weighted by Gasteiger charge is -2.09. The first-order chi connectivity index (χ1) is 11.2. The SMILES string of the molecule is CCn1c(SCC(=O)NCCC[C@@H](C)CO)nc2ccccc21. The van der Waals surface area contributed by atoms with Gasteiger partial charge in [0.15, 0.2) is 5.16 Å². The van der Waals surface area contributed by atoms with E-state index in [1.165, 1.54) is 11.8 Å². The van der Waals surface area contributed by atoms with Crippen molar-refractivity contribution < 1.29 is 9.90 Å². The number of nitrogens with zero attached hydrogens (tertiary/aromatic N) is 2. The van der Waals surface area contributed by atoms with E-state index in [4.69, 9.17) is 5.11 Å². The van der Waals surface area contributed by atoms with Crippen molar-refractivity contribution in [1.82, 2.24) is 14.9 Å². The summed E-state index contributed by atoms with van der Waals surface area (Å²) < 4.78 is 2.14. The highest BCUT2D eigenvalue weighted by Crippen LogP contribution is 2.23. The van der Waals surface area contributed by atoms with Crippen LogP contribution in [0.4, 0.5) is 0 Å². The van der Waals surface area contributed by atoms with Crippen LogP contribution in [0.5, 0.6) is 0 Å². The monoisotopic (exact) mass is 335 g/mol. The molecule has 5 nitrogen and oxygen atoms in total. The first-order valence-electron chi connectivity index (χ1n) is 8.11. The summed E-state index contributed by atoms with van der Waals surface area (Å²) in [6, 6.07) is 8.03. The highest BCUT2D eigenvalue weighted by Gasteiger charge is 2.11. The van der Waals surface area contributed by atoms with Crippen molar-refractivity contribution in [2.45, 2.75) is 38.4 Å². The van der Waals surface area contributed by atoms with E-state index in [2.05, 4.69) is 27.9 Å². The number of imidazole rings is 1. The van der Waals surface area contributed by atoms with Gasteiger partial charge >= 0.3 is 0 Å². The van der Waals surface area contributed by atoms with Gasteiger partial charge in [-0.1, -0.05) is 30.8 Å². The normalized spacial score (nSPS) is 12.5. The molecule has 1 aromatic heterocycles. The fourth-order valence-electron chi connectivity index (χ4n) is 2.42. The predicted molar refractivity (Wildman–Crippen MR) is 94.6 cm³/mol. The van der Waals surface area contributed by atoms with Gasteiger partial charge in [0.25, 0.3) is 0 Å². The molecule has 0 spiro atoms. The van der Waals surface area contributed by atoms with Crippen LogP contribution in [0.3, 0.4) is 0 Å². The Balaban J connectivity index is 1.82. The summed E-state index contributed by atoms with van der Waals surface area (Å²) in [6.07, 6.45) is 1.82. The van der Waals surface area contributed by atoms with Crippen LogP contribution in [0.2, 0.25) is 0 Å².